The highest BCUT2D eigenvalue weighted by Gasteiger charge is 2.27. The topological polar surface area (TPSA) is 109 Å². The van der Waals surface area contributed by atoms with Gasteiger partial charge in [0.25, 0.3) is 0 Å². The fourth-order valence-electron chi connectivity index (χ4n) is 3.97. The van der Waals surface area contributed by atoms with E-state index in [0.29, 0.717) is 48.1 Å². The van der Waals surface area contributed by atoms with Crippen LogP contribution in [0.25, 0.3) is 0 Å². The van der Waals surface area contributed by atoms with Crippen LogP contribution in [-0.4, -0.2) is 62.1 Å². The molecule has 188 valence electrons. The predicted octanol–water partition coefficient (Wildman–Crippen LogP) is 3.22. The highest BCUT2D eigenvalue weighted by atomic mass is 35.5. The largest absolute Gasteiger partial charge is 0.497 e. The lowest BCUT2D eigenvalue weighted by Gasteiger charge is -2.33. The first-order valence-electron chi connectivity index (χ1n) is 11.4. The lowest BCUT2D eigenvalue weighted by molar-refractivity contribution is -0.128. The molecule has 0 saturated carbocycles. The van der Waals surface area contributed by atoms with Crippen molar-refractivity contribution in [1.82, 2.24) is 15.5 Å². The zero-order valence-electron chi connectivity index (χ0n) is 20.1. The van der Waals surface area contributed by atoms with E-state index in [1.54, 1.807) is 49.5 Å². The average molecular weight is 503 g/mol. The number of urea groups is 1. The second kappa shape index (κ2) is 12.3. The van der Waals surface area contributed by atoms with Crippen molar-refractivity contribution in [3.63, 3.8) is 0 Å². The van der Waals surface area contributed by atoms with Gasteiger partial charge in [-0.25, -0.2) is 4.79 Å². The van der Waals surface area contributed by atoms with Crippen molar-refractivity contribution >= 4 is 35.1 Å². The second-order valence-electron chi connectivity index (χ2n) is 8.39. The van der Waals surface area contributed by atoms with Crippen LogP contribution in [0.2, 0.25) is 5.02 Å². The lowest BCUT2D eigenvalue weighted by Crippen LogP contribution is -2.53. The summed E-state index contributed by atoms with van der Waals surface area (Å²) in [6, 6.07) is 11.3. The van der Waals surface area contributed by atoms with Gasteiger partial charge in [-0.3, -0.25) is 9.59 Å². The summed E-state index contributed by atoms with van der Waals surface area (Å²) in [4.78, 5) is 39.1. The molecule has 10 heteroatoms. The molecule has 4 amide bonds. The monoisotopic (exact) mass is 502 g/mol. The number of hydrogen-bond acceptors (Lipinski definition) is 5. The number of rotatable bonds is 8. The second-order valence-corrected chi connectivity index (χ2v) is 8.82. The van der Waals surface area contributed by atoms with Crippen molar-refractivity contribution in [2.75, 3.05) is 32.6 Å². The Balaban J connectivity index is 1.57. The molecule has 35 heavy (non-hydrogen) atoms. The van der Waals surface area contributed by atoms with Crippen molar-refractivity contribution in [2.45, 2.75) is 38.3 Å². The minimum atomic E-state index is -0.756. The normalized spacial score (nSPS) is 14.6. The van der Waals surface area contributed by atoms with Crippen LogP contribution < -0.4 is 25.4 Å². The molecule has 0 aliphatic carbocycles. The van der Waals surface area contributed by atoms with Crippen LogP contribution in [0.4, 0.5) is 10.5 Å². The van der Waals surface area contributed by atoms with Crippen LogP contribution >= 0.6 is 11.6 Å². The average Bonchev–Trinajstić information content (AvgIpc) is 2.83. The minimum Gasteiger partial charge on any atom is -0.497 e. The highest BCUT2D eigenvalue weighted by molar-refractivity contribution is 6.30. The summed E-state index contributed by atoms with van der Waals surface area (Å²) in [6.07, 6.45) is 1.49. The van der Waals surface area contributed by atoms with Crippen molar-refractivity contribution in [2.24, 2.45) is 0 Å². The summed E-state index contributed by atoms with van der Waals surface area (Å²) in [5.41, 5.74) is 1.42. The third-order valence-corrected chi connectivity index (χ3v) is 5.98. The molecule has 3 N–H and O–H groups in total. The quantitative estimate of drug-likeness (QED) is 0.513. The number of piperidine rings is 1. The van der Waals surface area contributed by atoms with E-state index in [0.717, 1.165) is 5.56 Å². The Kier molecular flexibility index (Phi) is 9.19. The van der Waals surface area contributed by atoms with Crippen LogP contribution in [0.1, 0.15) is 25.3 Å². The van der Waals surface area contributed by atoms with Gasteiger partial charge in [0.15, 0.2) is 0 Å². The van der Waals surface area contributed by atoms with Gasteiger partial charge < -0.3 is 30.3 Å². The molecule has 1 aliphatic heterocycles. The first-order valence-corrected chi connectivity index (χ1v) is 11.8. The van der Waals surface area contributed by atoms with E-state index >= 15 is 0 Å². The molecule has 1 fully saturated rings. The Morgan fingerprint density at radius 1 is 1.06 bits per heavy atom. The number of benzene rings is 2. The molecular formula is C25H31ClN4O5. The van der Waals surface area contributed by atoms with Crippen molar-refractivity contribution in [3.8, 4) is 11.5 Å². The van der Waals surface area contributed by atoms with E-state index in [2.05, 4.69) is 16.0 Å². The molecule has 2 aromatic rings. The Morgan fingerprint density at radius 3 is 2.29 bits per heavy atom. The van der Waals surface area contributed by atoms with Crippen LogP contribution in [0.15, 0.2) is 42.5 Å². The van der Waals surface area contributed by atoms with Crippen LogP contribution in [0.5, 0.6) is 11.5 Å². The van der Waals surface area contributed by atoms with E-state index in [1.807, 2.05) is 12.1 Å². The number of carbonyl (C=O) groups is 3. The standard InChI is InChI=1S/C25H31ClN4O5/c1-16(31)27-23(13-17-11-21(34-2)15-22(12-17)35-3)24(32)28-19-7-9-30(10-8-19)25(33)29-20-6-4-5-18(26)14-20/h4-6,11-12,14-15,19,23H,7-10,13H2,1-3H3,(H,27,31)(H,28,32)(H,29,33). The van der Waals surface area contributed by atoms with Crippen LogP contribution in [0.3, 0.4) is 0 Å². The molecule has 2 aromatic carbocycles. The number of amides is 4. The number of ether oxygens (including phenoxy) is 2. The number of halogens is 1. The van der Waals surface area contributed by atoms with Gasteiger partial charge >= 0.3 is 6.03 Å². The molecule has 0 bridgehead atoms. The predicted molar refractivity (Wildman–Crippen MR) is 134 cm³/mol. The smallest absolute Gasteiger partial charge is 0.321 e. The summed E-state index contributed by atoms with van der Waals surface area (Å²) < 4.78 is 10.6. The number of nitrogens with zero attached hydrogens (tertiary/aromatic N) is 1. The van der Waals surface area contributed by atoms with Crippen LogP contribution in [0, 0.1) is 0 Å². The molecule has 0 radical (unpaired) electrons. The van der Waals surface area contributed by atoms with Gasteiger partial charge in [-0.2, -0.15) is 0 Å². The van der Waals surface area contributed by atoms with Gasteiger partial charge in [0.05, 0.1) is 14.2 Å². The zero-order chi connectivity index (χ0) is 25.4. The highest BCUT2D eigenvalue weighted by Crippen LogP contribution is 2.23. The molecule has 0 spiro atoms. The van der Waals surface area contributed by atoms with Crippen molar-refractivity contribution in [1.29, 1.82) is 0 Å². The fraction of sp³-hybridized carbons (Fsp3) is 0.400. The van der Waals surface area contributed by atoms with Gasteiger partial charge in [0.1, 0.15) is 17.5 Å². The number of methoxy groups -OCH3 is 2. The Hall–Kier alpha value is -3.46. The molecule has 1 unspecified atom stereocenters. The van der Waals surface area contributed by atoms with Crippen LogP contribution in [-0.2, 0) is 16.0 Å². The molecule has 1 saturated heterocycles. The lowest BCUT2D eigenvalue weighted by atomic mass is 10.0. The maximum Gasteiger partial charge on any atom is 0.321 e. The van der Waals surface area contributed by atoms with Crippen molar-refractivity contribution in [3.05, 3.63) is 53.1 Å². The summed E-state index contributed by atoms with van der Waals surface area (Å²) in [5, 5.41) is 9.15. The van der Waals surface area contributed by atoms with E-state index in [9.17, 15) is 14.4 Å². The summed E-state index contributed by atoms with van der Waals surface area (Å²) in [7, 11) is 3.11. The van der Waals surface area contributed by atoms with E-state index in [4.69, 9.17) is 21.1 Å². The van der Waals surface area contributed by atoms with Gasteiger partial charge in [0.2, 0.25) is 11.8 Å². The molecule has 0 aromatic heterocycles. The van der Waals surface area contributed by atoms with E-state index < -0.39 is 6.04 Å². The third kappa shape index (κ3) is 7.78. The molecule has 9 nitrogen and oxygen atoms in total. The van der Waals surface area contributed by atoms with Gasteiger partial charge in [-0.15, -0.1) is 0 Å². The summed E-state index contributed by atoms with van der Waals surface area (Å²) in [6.45, 7) is 2.37. The van der Waals surface area contributed by atoms with E-state index in [1.165, 1.54) is 6.92 Å². The number of anilines is 1. The van der Waals surface area contributed by atoms with Gasteiger partial charge in [0, 0.05) is 49.3 Å². The molecule has 1 atom stereocenters. The third-order valence-electron chi connectivity index (χ3n) is 5.75. The van der Waals surface area contributed by atoms with Crippen molar-refractivity contribution < 1.29 is 23.9 Å². The minimum absolute atomic E-state index is 0.103. The molecule has 3 rings (SSSR count). The summed E-state index contributed by atoms with van der Waals surface area (Å²) in [5.74, 6) is 0.630. The van der Waals surface area contributed by atoms with Gasteiger partial charge in [-0.05, 0) is 48.7 Å². The molecule has 1 aliphatic rings. The number of nitrogens with one attached hydrogen (secondary N) is 3. The Morgan fingerprint density at radius 2 is 1.71 bits per heavy atom. The fourth-order valence-corrected chi connectivity index (χ4v) is 4.16. The summed E-state index contributed by atoms with van der Waals surface area (Å²) >= 11 is 5.98. The number of carbonyl (C=O) groups excluding carboxylic acids is 3. The first-order chi connectivity index (χ1) is 16.8. The van der Waals surface area contributed by atoms with E-state index in [-0.39, 0.29) is 30.3 Å². The SMILES string of the molecule is COc1cc(CC(NC(C)=O)C(=O)NC2CCN(C(=O)Nc3cccc(Cl)c3)CC2)cc(OC)c1. The number of hydrogen-bond donors (Lipinski definition) is 3. The first kappa shape index (κ1) is 26.2. The number of likely N-dealkylation sites (tertiary alicyclic amines) is 1. The Labute approximate surface area is 210 Å². The molecule has 1 heterocycles. The zero-order valence-corrected chi connectivity index (χ0v) is 20.9. The maximum atomic E-state index is 13.1. The maximum absolute atomic E-state index is 13.1. The molecular weight excluding hydrogens is 472 g/mol. The van der Waals surface area contributed by atoms with Gasteiger partial charge in [-0.1, -0.05) is 17.7 Å². The Bertz CT molecular complexity index is 1030.